The summed E-state index contributed by atoms with van der Waals surface area (Å²) < 4.78 is 5.45. The van der Waals surface area contributed by atoms with Gasteiger partial charge in [-0.3, -0.25) is 0 Å². The Morgan fingerprint density at radius 1 is 1.35 bits per heavy atom. The lowest BCUT2D eigenvalue weighted by Gasteiger charge is -2.21. The van der Waals surface area contributed by atoms with Gasteiger partial charge in [-0.25, -0.2) is 4.98 Å². The van der Waals surface area contributed by atoms with Crippen LogP contribution in [-0.4, -0.2) is 31.7 Å². The van der Waals surface area contributed by atoms with E-state index < -0.39 is 0 Å². The second-order valence-electron chi connectivity index (χ2n) is 5.66. The molecule has 3 rings (SSSR count). The fourth-order valence-corrected chi connectivity index (χ4v) is 2.99. The van der Waals surface area contributed by atoms with E-state index >= 15 is 0 Å². The zero-order valence-corrected chi connectivity index (χ0v) is 13.2. The quantitative estimate of drug-likeness (QED) is 0.920. The van der Waals surface area contributed by atoms with Crippen molar-refractivity contribution in [2.24, 2.45) is 5.92 Å². The number of ether oxygens (including phenoxy) is 1. The summed E-state index contributed by atoms with van der Waals surface area (Å²) in [5.41, 5.74) is 1.74. The van der Waals surface area contributed by atoms with Gasteiger partial charge in [0.2, 0.25) is 0 Å². The van der Waals surface area contributed by atoms with Crippen LogP contribution in [0.3, 0.4) is 0 Å². The number of rotatable bonds is 5. The minimum Gasteiger partial charge on any atom is -0.495 e. The van der Waals surface area contributed by atoms with E-state index in [2.05, 4.69) is 27.3 Å². The molecular weight excluding hydrogens is 288 g/mol. The predicted molar refractivity (Wildman–Crippen MR) is 90.8 cm³/mol. The van der Waals surface area contributed by atoms with Crippen LogP contribution in [0.25, 0.3) is 0 Å². The molecule has 0 radical (unpaired) electrons. The second kappa shape index (κ2) is 7.01. The highest BCUT2D eigenvalue weighted by Gasteiger charge is 2.24. The molecule has 1 aromatic carbocycles. The average Bonchev–Trinajstić information content (AvgIpc) is 3.09. The SMILES string of the molecule is COc1ccccc1N1CC[C@H](CNc2ncccc2C#N)C1. The van der Waals surface area contributed by atoms with Crippen LogP contribution in [0.1, 0.15) is 12.0 Å². The number of nitriles is 1. The Kier molecular flexibility index (Phi) is 4.62. The number of nitrogens with zero attached hydrogens (tertiary/aromatic N) is 3. The van der Waals surface area contributed by atoms with Gasteiger partial charge in [0, 0.05) is 25.8 Å². The first-order chi connectivity index (χ1) is 11.3. The van der Waals surface area contributed by atoms with Crippen LogP contribution in [0.2, 0.25) is 0 Å². The summed E-state index contributed by atoms with van der Waals surface area (Å²) >= 11 is 0. The smallest absolute Gasteiger partial charge is 0.143 e. The lowest BCUT2D eigenvalue weighted by Crippen LogP contribution is -2.23. The predicted octanol–water partition coefficient (Wildman–Crippen LogP) is 2.90. The normalized spacial score (nSPS) is 16.9. The second-order valence-corrected chi connectivity index (χ2v) is 5.66. The zero-order valence-electron chi connectivity index (χ0n) is 13.2. The summed E-state index contributed by atoms with van der Waals surface area (Å²) in [5, 5.41) is 12.4. The zero-order chi connectivity index (χ0) is 16.1. The van der Waals surface area contributed by atoms with E-state index in [1.54, 1.807) is 25.4 Å². The Morgan fingerprint density at radius 3 is 3.04 bits per heavy atom. The van der Waals surface area contributed by atoms with Gasteiger partial charge in [-0.15, -0.1) is 0 Å². The largest absolute Gasteiger partial charge is 0.495 e. The van der Waals surface area contributed by atoms with Gasteiger partial charge in [-0.05, 0) is 36.6 Å². The average molecular weight is 308 g/mol. The van der Waals surface area contributed by atoms with Gasteiger partial charge in [0.15, 0.2) is 0 Å². The highest BCUT2D eigenvalue weighted by Crippen LogP contribution is 2.32. The molecule has 1 aliphatic heterocycles. The van der Waals surface area contributed by atoms with Crippen molar-refractivity contribution in [3.05, 3.63) is 48.2 Å². The number of hydrogen-bond donors (Lipinski definition) is 1. The Bertz CT molecular complexity index is 710. The first-order valence-corrected chi connectivity index (χ1v) is 7.78. The van der Waals surface area contributed by atoms with Crippen LogP contribution in [-0.2, 0) is 0 Å². The van der Waals surface area contributed by atoms with Crippen LogP contribution in [0, 0.1) is 17.2 Å². The summed E-state index contributed by atoms with van der Waals surface area (Å²) in [6.45, 7) is 2.81. The topological polar surface area (TPSA) is 61.2 Å². The molecule has 2 heterocycles. The Morgan fingerprint density at radius 2 is 2.22 bits per heavy atom. The third kappa shape index (κ3) is 3.37. The molecule has 0 saturated carbocycles. The van der Waals surface area contributed by atoms with E-state index in [1.165, 1.54) is 0 Å². The van der Waals surface area contributed by atoms with Crippen molar-refractivity contribution in [3.63, 3.8) is 0 Å². The number of para-hydroxylation sites is 2. The summed E-state index contributed by atoms with van der Waals surface area (Å²) in [6.07, 6.45) is 2.82. The fraction of sp³-hybridized carbons (Fsp3) is 0.333. The van der Waals surface area contributed by atoms with Crippen LogP contribution >= 0.6 is 0 Å². The van der Waals surface area contributed by atoms with Crippen LogP contribution in [0.4, 0.5) is 11.5 Å². The number of hydrogen-bond acceptors (Lipinski definition) is 5. The molecule has 23 heavy (non-hydrogen) atoms. The van der Waals surface area contributed by atoms with Crippen LogP contribution < -0.4 is 15.0 Å². The first-order valence-electron chi connectivity index (χ1n) is 7.78. The van der Waals surface area contributed by atoms with Gasteiger partial charge in [-0.2, -0.15) is 5.26 Å². The Labute approximate surface area is 136 Å². The third-order valence-electron chi connectivity index (χ3n) is 4.20. The Hall–Kier alpha value is -2.74. The van der Waals surface area contributed by atoms with Gasteiger partial charge in [0.25, 0.3) is 0 Å². The maximum absolute atomic E-state index is 9.11. The van der Waals surface area contributed by atoms with E-state index in [1.807, 2.05) is 18.2 Å². The van der Waals surface area contributed by atoms with E-state index in [4.69, 9.17) is 10.00 Å². The standard InChI is InChI=1S/C18H20N4O/c1-23-17-7-3-2-6-16(17)22-10-8-14(13-22)12-21-18-15(11-19)5-4-9-20-18/h2-7,9,14H,8,10,12-13H2,1H3,(H,20,21)/t14-/m1/s1. The van der Waals surface area contributed by atoms with Gasteiger partial charge < -0.3 is 15.0 Å². The van der Waals surface area contributed by atoms with Crippen molar-refractivity contribution in [1.29, 1.82) is 5.26 Å². The molecule has 118 valence electrons. The van der Waals surface area contributed by atoms with Crippen molar-refractivity contribution in [1.82, 2.24) is 4.98 Å². The minimum absolute atomic E-state index is 0.522. The Balaban J connectivity index is 1.61. The third-order valence-corrected chi connectivity index (χ3v) is 4.20. The molecule has 1 fully saturated rings. The minimum atomic E-state index is 0.522. The number of benzene rings is 1. The molecule has 0 bridgehead atoms. The summed E-state index contributed by atoms with van der Waals surface area (Å²) in [4.78, 5) is 6.60. The summed E-state index contributed by atoms with van der Waals surface area (Å²) in [7, 11) is 1.71. The van der Waals surface area contributed by atoms with E-state index in [-0.39, 0.29) is 0 Å². The molecule has 1 atom stereocenters. The lowest BCUT2D eigenvalue weighted by molar-refractivity contribution is 0.414. The summed E-state index contributed by atoms with van der Waals surface area (Å²) in [6, 6.07) is 13.9. The number of anilines is 2. The van der Waals surface area contributed by atoms with Crippen molar-refractivity contribution < 1.29 is 4.74 Å². The van der Waals surface area contributed by atoms with Crippen molar-refractivity contribution in [2.45, 2.75) is 6.42 Å². The molecule has 0 amide bonds. The maximum Gasteiger partial charge on any atom is 0.143 e. The van der Waals surface area contributed by atoms with Crippen molar-refractivity contribution >= 4 is 11.5 Å². The molecular formula is C18H20N4O. The van der Waals surface area contributed by atoms with Crippen molar-refractivity contribution in [2.75, 3.05) is 37.0 Å². The summed E-state index contributed by atoms with van der Waals surface area (Å²) in [5.74, 6) is 2.11. The van der Waals surface area contributed by atoms with E-state index in [0.717, 1.165) is 37.5 Å². The molecule has 1 aromatic heterocycles. The molecule has 5 heteroatoms. The van der Waals surface area contributed by atoms with Gasteiger partial charge in [-0.1, -0.05) is 12.1 Å². The van der Waals surface area contributed by atoms with Gasteiger partial charge >= 0.3 is 0 Å². The molecule has 0 unspecified atom stereocenters. The number of nitrogens with one attached hydrogen (secondary N) is 1. The molecule has 5 nitrogen and oxygen atoms in total. The maximum atomic E-state index is 9.11. The number of pyridine rings is 1. The van der Waals surface area contributed by atoms with Gasteiger partial charge in [0.05, 0.1) is 18.4 Å². The molecule has 1 N–H and O–H groups in total. The highest BCUT2D eigenvalue weighted by molar-refractivity contribution is 5.59. The highest BCUT2D eigenvalue weighted by atomic mass is 16.5. The first kappa shape index (κ1) is 15.2. The fourth-order valence-electron chi connectivity index (χ4n) is 2.99. The van der Waals surface area contributed by atoms with Gasteiger partial charge in [0.1, 0.15) is 17.6 Å². The monoisotopic (exact) mass is 308 g/mol. The van der Waals surface area contributed by atoms with E-state index in [0.29, 0.717) is 17.3 Å². The molecule has 1 aliphatic rings. The number of methoxy groups -OCH3 is 1. The molecule has 0 aliphatic carbocycles. The van der Waals surface area contributed by atoms with Crippen molar-refractivity contribution in [3.8, 4) is 11.8 Å². The van der Waals surface area contributed by atoms with E-state index in [9.17, 15) is 0 Å². The van der Waals surface area contributed by atoms with Crippen LogP contribution in [0.15, 0.2) is 42.6 Å². The molecule has 0 spiro atoms. The number of aromatic nitrogens is 1. The lowest BCUT2D eigenvalue weighted by atomic mass is 10.1. The molecule has 1 saturated heterocycles. The molecule has 2 aromatic rings. The van der Waals surface area contributed by atoms with Crippen LogP contribution in [0.5, 0.6) is 5.75 Å².